The molecule has 27 valence electrons. The van der Waals surface area contributed by atoms with E-state index in [0.717, 1.165) is 12.3 Å². The van der Waals surface area contributed by atoms with Crippen molar-refractivity contribution >= 4 is 18.7 Å². The highest BCUT2D eigenvalue weighted by atomic mass is 32.2. The van der Waals surface area contributed by atoms with Crippen LogP contribution in [0.2, 0.25) is 0 Å². The fraction of sp³-hybridized carbons (Fsp3) is 0. The highest BCUT2D eigenvalue weighted by Crippen LogP contribution is 2.07. The number of rotatable bonds is 0. The molecule has 0 aromatic carbocycles. The van der Waals surface area contributed by atoms with E-state index < -0.39 is 0 Å². The molecule has 3 nitrogen and oxygen atoms in total. The molecular formula is CNO2S. The molecule has 4 heteroatoms. The SMILES string of the molecule is [C]1=NOSO1. The van der Waals surface area contributed by atoms with Gasteiger partial charge < -0.3 is 4.18 Å². The first-order valence-corrected chi connectivity index (χ1v) is 1.61. The summed E-state index contributed by atoms with van der Waals surface area (Å²) in [6.45, 7) is 0. The summed E-state index contributed by atoms with van der Waals surface area (Å²) in [7, 11) is 0. The van der Waals surface area contributed by atoms with E-state index in [1.165, 1.54) is 0 Å². The predicted octanol–water partition coefficient (Wildman–Crippen LogP) is 0.417. The Bertz CT molecular complexity index is 47.6. The van der Waals surface area contributed by atoms with Crippen molar-refractivity contribution in [1.82, 2.24) is 0 Å². The number of hydrogen-bond acceptors (Lipinski definition) is 4. The molecule has 0 unspecified atom stereocenters. The summed E-state index contributed by atoms with van der Waals surface area (Å²) in [6.07, 6.45) is 2.09. The maximum atomic E-state index is 4.22. The van der Waals surface area contributed by atoms with Gasteiger partial charge in [-0.25, -0.2) is 0 Å². The van der Waals surface area contributed by atoms with Crippen molar-refractivity contribution in [2.24, 2.45) is 5.16 Å². The molecule has 0 aromatic rings. The Kier molecular flexibility index (Phi) is 0.660. The minimum atomic E-state index is 0.796. The predicted molar refractivity (Wildman–Crippen MR) is 17.2 cm³/mol. The van der Waals surface area contributed by atoms with Crippen LogP contribution in [0.25, 0.3) is 0 Å². The first kappa shape index (κ1) is 2.84. The largest absolute Gasteiger partial charge is 0.360 e. The quantitative estimate of drug-likeness (QED) is 0.404. The highest BCUT2D eigenvalue weighted by molar-refractivity contribution is 7.90. The lowest BCUT2D eigenvalue weighted by Gasteiger charge is -1.70. The van der Waals surface area contributed by atoms with Gasteiger partial charge in [0.2, 0.25) is 0 Å². The Balaban J connectivity index is 2.32. The van der Waals surface area contributed by atoms with Crippen LogP contribution < -0.4 is 0 Å². The van der Waals surface area contributed by atoms with Crippen molar-refractivity contribution in [1.29, 1.82) is 0 Å². The van der Waals surface area contributed by atoms with Crippen LogP contribution in [0.3, 0.4) is 0 Å². The summed E-state index contributed by atoms with van der Waals surface area (Å²) in [6, 6.07) is 0. The minimum absolute atomic E-state index is 0.796. The fourth-order valence-electron chi connectivity index (χ4n) is 0.0761. The van der Waals surface area contributed by atoms with E-state index in [1.807, 2.05) is 0 Å². The zero-order valence-electron chi connectivity index (χ0n) is 2.17. The molecule has 0 aromatic heterocycles. The van der Waals surface area contributed by atoms with Gasteiger partial charge in [0.05, 0.1) is 0 Å². The average molecular weight is 90.1 g/mol. The van der Waals surface area contributed by atoms with E-state index in [9.17, 15) is 0 Å². The van der Waals surface area contributed by atoms with Crippen molar-refractivity contribution in [3.63, 3.8) is 0 Å². The van der Waals surface area contributed by atoms with Crippen molar-refractivity contribution < 1.29 is 8.47 Å². The summed E-state index contributed by atoms with van der Waals surface area (Å²) in [5, 5.41) is 3.07. The van der Waals surface area contributed by atoms with Crippen molar-refractivity contribution in [3.05, 3.63) is 0 Å². The molecule has 0 amide bonds. The molecule has 0 bridgehead atoms. The van der Waals surface area contributed by atoms with Crippen molar-refractivity contribution in [3.8, 4) is 0 Å². The van der Waals surface area contributed by atoms with Crippen LogP contribution in [-0.4, -0.2) is 6.40 Å². The van der Waals surface area contributed by atoms with Crippen LogP contribution in [0.15, 0.2) is 5.16 Å². The third kappa shape index (κ3) is 0.445. The summed E-state index contributed by atoms with van der Waals surface area (Å²) < 4.78 is 8.38. The third-order valence-corrected chi connectivity index (χ3v) is 0.454. The maximum Gasteiger partial charge on any atom is 0.335 e. The molecule has 1 rings (SSSR count). The monoisotopic (exact) mass is 90.0 g/mol. The standard InChI is InChI=1S/CNO2S/c1-2-4-5-3-1. The Morgan fingerprint density at radius 3 is 3.00 bits per heavy atom. The van der Waals surface area contributed by atoms with Crippen molar-refractivity contribution in [2.75, 3.05) is 0 Å². The van der Waals surface area contributed by atoms with Crippen molar-refractivity contribution in [2.45, 2.75) is 0 Å². The van der Waals surface area contributed by atoms with E-state index in [2.05, 4.69) is 20.0 Å². The second-order valence-electron chi connectivity index (χ2n) is 0.408. The Morgan fingerprint density at radius 1 is 1.80 bits per heavy atom. The second kappa shape index (κ2) is 1.16. The third-order valence-electron chi connectivity index (χ3n) is 0.176. The van der Waals surface area contributed by atoms with E-state index in [4.69, 9.17) is 0 Å². The van der Waals surface area contributed by atoms with Gasteiger partial charge in [-0.3, -0.25) is 4.28 Å². The molecule has 1 aliphatic heterocycles. The van der Waals surface area contributed by atoms with Crippen LogP contribution in [0.1, 0.15) is 0 Å². The van der Waals surface area contributed by atoms with E-state index in [-0.39, 0.29) is 0 Å². The zero-order chi connectivity index (χ0) is 3.54. The molecule has 0 saturated carbocycles. The molecule has 5 heavy (non-hydrogen) atoms. The van der Waals surface area contributed by atoms with Crippen LogP contribution >= 0.6 is 12.3 Å². The molecule has 0 aliphatic carbocycles. The summed E-state index contributed by atoms with van der Waals surface area (Å²) >= 11 is 0.796. The summed E-state index contributed by atoms with van der Waals surface area (Å²) in [5.74, 6) is 0. The molecule has 1 aliphatic rings. The van der Waals surface area contributed by atoms with E-state index in [0.29, 0.717) is 0 Å². The Hall–Kier alpha value is -0.380. The van der Waals surface area contributed by atoms with E-state index in [1.54, 1.807) is 0 Å². The molecule has 0 saturated heterocycles. The van der Waals surface area contributed by atoms with Crippen LogP contribution in [-0.2, 0) is 8.47 Å². The van der Waals surface area contributed by atoms with Gasteiger partial charge >= 0.3 is 18.7 Å². The first-order valence-electron chi connectivity index (χ1n) is 0.944. The van der Waals surface area contributed by atoms with Gasteiger partial charge in [-0.2, -0.15) is 0 Å². The number of nitrogens with zero attached hydrogens (tertiary/aromatic N) is 1. The first-order chi connectivity index (χ1) is 2.50. The molecular weight excluding hydrogens is 90.1 g/mol. The highest BCUT2D eigenvalue weighted by Gasteiger charge is 1.91. The van der Waals surface area contributed by atoms with E-state index >= 15 is 0 Å². The van der Waals surface area contributed by atoms with Gasteiger partial charge in [0.1, 0.15) is 0 Å². The minimum Gasteiger partial charge on any atom is -0.360 e. The van der Waals surface area contributed by atoms with Gasteiger partial charge in [0, 0.05) is 0 Å². The maximum absolute atomic E-state index is 4.22. The second-order valence-corrected chi connectivity index (χ2v) is 0.860. The molecule has 1 radical (unpaired) electrons. The van der Waals surface area contributed by atoms with Gasteiger partial charge in [-0.1, -0.05) is 0 Å². The van der Waals surface area contributed by atoms with Gasteiger partial charge in [-0.05, 0) is 5.16 Å². The summed E-state index contributed by atoms with van der Waals surface area (Å²) in [5.41, 5.74) is 0. The molecule has 0 N–H and O–H groups in total. The number of hydrogen-bond donors (Lipinski definition) is 0. The lowest BCUT2D eigenvalue weighted by molar-refractivity contribution is 0.411. The van der Waals surface area contributed by atoms with Crippen LogP contribution in [0.5, 0.6) is 0 Å². The Labute approximate surface area is 33.4 Å². The smallest absolute Gasteiger partial charge is 0.335 e. The zero-order valence-corrected chi connectivity index (χ0v) is 2.99. The fourth-order valence-corrected chi connectivity index (χ4v) is 0.228. The lowest BCUT2D eigenvalue weighted by atomic mass is 11.6. The Morgan fingerprint density at radius 2 is 2.80 bits per heavy atom. The molecule has 0 fully saturated rings. The average Bonchev–Trinajstić information content (AvgIpc) is 1.76. The van der Waals surface area contributed by atoms with Gasteiger partial charge in [-0.15, -0.1) is 0 Å². The lowest BCUT2D eigenvalue weighted by Crippen LogP contribution is -1.55. The van der Waals surface area contributed by atoms with Crippen LogP contribution in [0.4, 0.5) is 0 Å². The molecule has 0 atom stereocenters. The summed E-state index contributed by atoms with van der Waals surface area (Å²) in [4.78, 5) is 0. The topological polar surface area (TPSA) is 30.8 Å². The van der Waals surface area contributed by atoms with Gasteiger partial charge in [0.25, 0.3) is 0 Å². The normalized spacial score (nSPS) is 17.6. The van der Waals surface area contributed by atoms with Gasteiger partial charge in [0.15, 0.2) is 0 Å². The molecule has 1 heterocycles. The molecule has 0 spiro atoms. The van der Waals surface area contributed by atoms with Crippen LogP contribution in [0, 0.1) is 0 Å².